The number of halogens is 2. The number of nitrogens with one attached hydrogen (secondary N) is 1. The van der Waals surface area contributed by atoms with Gasteiger partial charge in [0.1, 0.15) is 23.0 Å². The van der Waals surface area contributed by atoms with E-state index in [0.29, 0.717) is 11.3 Å². The van der Waals surface area contributed by atoms with Crippen LogP contribution >= 0.6 is 0 Å². The summed E-state index contributed by atoms with van der Waals surface area (Å²) in [6.45, 7) is 1.99. The lowest BCUT2D eigenvalue weighted by molar-refractivity contribution is 0.0340. The van der Waals surface area contributed by atoms with Crippen molar-refractivity contribution in [3.8, 4) is 0 Å². The molecule has 0 spiro atoms. The molecule has 0 radical (unpaired) electrons. The first kappa shape index (κ1) is 13.7. The van der Waals surface area contributed by atoms with Gasteiger partial charge in [0.2, 0.25) is 0 Å². The molecule has 0 bridgehead atoms. The smallest absolute Gasteiger partial charge is 0.136 e. The molecule has 1 heterocycles. The van der Waals surface area contributed by atoms with Crippen molar-refractivity contribution in [2.75, 3.05) is 6.54 Å². The van der Waals surface area contributed by atoms with Gasteiger partial charge in [-0.3, -0.25) is 0 Å². The lowest BCUT2D eigenvalue weighted by Crippen LogP contribution is -2.34. The van der Waals surface area contributed by atoms with Crippen molar-refractivity contribution < 1.29 is 18.3 Å². The third kappa shape index (κ3) is 3.39. The third-order valence-electron chi connectivity index (χ3n) is 2.85. The van der Waals surface area contributed by atoms with Gasteiger partial charge in [0.25, 0.3) is 0 Å². The molecule has 0 saturated carbocycles. The van der Waals surface area contributed by atoms with Crippen molar-refractivity contribution in [1.82, 2.24) is 5.32 Å². The molecule has 1 aromatic carbocycles. The topological polar surface area (TPSA) is 45.4 Å². The van der Waals surface area contributed by atoms with Crippen molar-refractivity contribution >= 4 is 0 Å². The standard InChI is InChI=1S/C14H15F2NO2/c1-14(18,13-3-2-6-19-13)9-17-8-10-4-5-11(15)7-12(10)16/h2-7,17-18H,8-9H2,1H3. The summed E-state index contributed by atoms with van der Waals surface area (Å²) in [5.74, 6) is -0.784. The zero-order valence-corrected chi connectivity index (χ0v) is 10.5. The normalized spacial score (nSPS) is 14.3. The summed E-state index contributed by atoms with van der Waals surface area (Å²) >= 11 is 0. The minimum atomic E-state index is -1.18. The molecule has 1 atom stereocenters. The molecule has 5 heteroatoms. The van der Waals surface area contributed by atoms with Gasteiger partial charge in [0.05, 0.1) is 6.26 Å². The third-order valence-corrected chi connectivity index (χ3v) is 2.85. The molecule has 2 aromatic rings. The summed E-state index contributed by atoms with van der Waals surface area (Å²) in [4.78, 5) is 0. The molecule has 0 aliphatic heterocycles. The molecular formula is C14H15F2NO2. The fourth-order valence-electron chi connectivity index (χ4n) is 1.78. The van der Waals surface area contributed by atoms with Crippen molar-refractivity contribution in [2.45, 2.75) is 19.1 Å². The van der Waals surface area contributed by atoms with Crippen LogP contribution in [0.4, 0.5) is 8.78 Å². The molecule has 0 saturated heterocycles. The van der Waals surface area contributed by atoms with Crippen molar-refractivity contribution in [3.63, 3.8) is 0 Å². The van der Waals surface area contributed by atoms with Crippen LogP contribution in [0.25, 0.3) is 0 Å². The second-order valence-corrected chi connectivity index (χ2v) is 4.59. The van der Waals surface area contributed by atoms with E-state index in [9.17, 15) is 13.9 Å². The van der Waals surface area contributed by atoms with Gasteiger partial charge < -0.3 is 14.8 Å². The highest BCUT2D eigenvalue weighted by Crippen LogP contribution is 2.20. The first-order chi connectivity index (χ1) is 8.99. The molecule has 0 amide bonds. The predicted molar refractivity (Wildman–Crippen MR) is 66.3 cm³/mol. The van der Waals surface area contributed by atoms with Crippen molar-refractivity contribution in [3.05, 3.63) is 59.6 Å². The second kappa shape index (κ2) is 5.50. The van der Waals surface area contributed by atoms with Crippen LogP contribution in [0.3, 0.4) is 0 Å². The lowest BCUT2D eigenvalue weighted by atomic mass is 10.0. The lowest BCUT2D eigenvalue weighted by Gasteiger charge is -2.21. The molecule has 0 aliphatic rings. The maximum absolute atomic E-state index is 13.4. The number of hydrogen-bond donors (Lipinski definition) is 2. The fourth-order valence-corrected chi connectivity index (χ4v) is 1.78. The minimum absolute atomic E-state index is 0.192. The summed E-state index contributed by atoms with van der Waals surface area (Å²) < 4.78 is 31.2. The van der Waals surface area contributed by atoms with Gasteiger partial charge in [0.15, 0.2) is 0 Å². The van der Waals surface area contributed by atoms with E-state index in [1.54, 1.807) is 19.1 Å². The van der Waals surface area contributed by atoms with E-state index >= 15 is 0 Å². The molecule has 1 unspecified atom stereocenters. The zero-order valence-electron chi connectivity index (χ0n) is 10.5. The van der Waals surface area contributed by atoms with Crippen LogP contribution in [-0.4, -0.2) is 11.7 Å². The number of hydrogen-bond acceptors (Lipinski definition) is 3. The van der Waals surface area contributed by atoms with E-state index in [0.717, 1.165) is 6.07 Å². The van der Waals surface area contributed by atoms with Crippen molar-refractivity contribution in [1.29, 1.82) is 0 Å². The predicted octanol–water partition coefficient (Wildman–Crippen LogP) is 2.56. The van der Waals surface area contributed by atoms with Gasteiger partial charge in [-0.1, -0.05) is 6.07 Å². The molecule has 3 nitrogen and oxygen atoms in total. The Hall–Kier alpha value is -1.72. The van der Waals surface area contributed by atoms with Gasteiger partial charge in [0, 0.05) is 24.7 Å². The van der Waals surface area contributed by atoms with E-state index in [-0.39, 0.29) is 13.1 Å². The van der Waals surface area contributed by atoms with E-state index in [1.165, 1.54) is 18.4 Å². The summed E-state index contributed by atoms with van der Waals surface area (Å²) in [7, 11) is 0. The van der Waals surface area contributed by atoms with Crippen LogP contribution in [0.1, 0.15) is 18.2 Å². The average Bonchev–Trinajstić information content (AvgIpc) is 2.86. The molecule has 0 aliphatic carbocycles. The first-order valence-corrected chi connectivity index (χ1v) is 5.90. The van der Waals surface area contributed by atoms with E-state index in [2.05, 4.69) is 5.32 Å². The Labute approximate surface area is 109 Å². The second-order valence-electron chi connectivity index (χ2n) is 4.59. The number of aliphatic hydroxyl groups is 1. The van der Waals surface area contributed by atoms with Crippen LogP contribution in [0.15, 0.2) is 41.0 Å². The van der Waals surface area contributed by atoms with Gasteiger partial charge >= 0.3 is 0 Å². The number of benzene rings is 1. The largest absolute Gasteiger partial charge is 0.466 e. The molecule has 0 fully saturated rings. The highest BCUT2D eigenvalue weighted by Gasteiger charge is 2.25. The molecule has 19 heavy (non-hydrogen) atoms. The molecule has 102 valence electrons. The Morgan fingerprint density at radius 2 is 2.11 bits per heavy atom. The number of furan rings is 1. The summed E-state index contributed by atoms with van der Waals surface area (Å²) in [5.41, 5.74) is -0.836. The van der Waals surface area contributed by atoms with Crippen LogP contribution in [0, 0.1) is 11.6 Å². The van der Waals surface area contributed by atoms with Crippen LogP contribution in [-0.2, 0) is 12.1 Å². The van der Waals surface area contributed by atoms with Gasteiger partial charge in [-0.15, -0.1) is 0 Å². The zero-order chi connectivity index (χ0) is 13.9. The average molecular weight is 267 g/mol. The van der Waals surface area contributed by atoms with Crippen LogP contribution in [0.5, 0.6) is 0 Å². The van der Waals surface area contributed by atoms with Gasteiger partial charge in [-0.05, 0) is 25.1 Å². The van der Waals surface area contributed by atoms with Crippen molar-refractivity contribution in [2.24, 2.45) is 0 Å². The molecule has 1 aromatic heterocycles. The first-order valence-electron chi connectivity index (χ1n) is 5.90. The quantitative estimate of drug-likeness (QED) is 0.875. The van der Waals surface area contributed by atoms with E-state index in [1.807, 2.05) is 0 Å². The Morgan fingerprint density at radius 1 is 1.32 bits per heavy atom. The molecule has 2 rings (SSSR count). The highest BCUT2D eigenvalue weighted by atomic mass is 19.1. The van der Waals surface area contributed by atoms with E-state index < -0.39 is 17.2 Å². The van der Waals surface area contributed by atoms with Crippen LogP contribution < -0.4 is 5.32 Å². The molecular weight excluding hydrogens is 252 g/mol. The SMILES string of the molecule is CC(O)(CNCc1ccc(F)cc1F)c1ccco1. The summed E-state index contributed by atoms with van der Waals surface area (Å²) in [6, 6.07) is 6.76. The van der Waals surface area contributed by atoms with E-state index in [4.69, 9.17) is 4.42 Å². The maximum atomic E-state index is 13.4. The highest BCUT2D eigenvalue weighted by molar-refractivity contribution is 5.18. The summed E-state index contributed by atoms with van der Waals surface area (Å²) in [5, 5.41) is 13.1. The monoisotopic (exact) mass is 267 g/mol. The maximum Gasteiger partial charge on any atom is 0.136 e. The summed E-state index contributed by atoms with van der Waals surface area (Å²) in [6.07, 6.45) is 1.48. The Bertz CT molecular complexity index is 538. The number of rotatable bonds is 5. The molecule has 2 N–H and O–H groups in total. The van der Waals surface area contributed by atoms with Gasteiger partial charge in [-0.2, -0.15) is 0 Å². The Balaban J connectivity index is 1.93. The Kier molecular flexibility index (Phi) is 3.97. The van der Waals surface area contributed by atoms with Gasteiger partial charge in [-0.25, -0.2) is 8.78 Å². The Morgan fingerprint density at radius 3 is 2.74 bits per heavy atom. The van der Waals surface area contributed by atoms with Crippen LogP contribution in [0.2, 0.25) is 0 Å². The fraction of sp³-hybridized carbons (Fsp3) is 0.286. The minimum Gasteiger partial charge on any atom is -0.466 e.